The molecule has 1 N–H and O–H groups in total. The molecule has 0 unspecified atom stereocenters. The van der Waals surface area contributed by atoms with Gasteiger partial charge in [0.25, 0.3) is 11.8 Å². The molecule has 2 aromatic carbocycles. The molecular formula is C24H24N2O3. The van der Waals surface area contributed by atoms with E-state index in [1.807, 2.05) is 44.2 Å². The maximum atomic E-state index is 13.3. The van der Waals surface area contributed by atoms with Crippen LogP contribution in [0.3, 0.4) is 0 Å². The quantitative estimate of drug-likeness (QED) is 0.585. The highest BCUT2D eigenvalue weighted by Gasteiger charge is 2.43. The Labute approximate surface area is 171 Å². The van der Waals surface area contributed by atoms with Gasteiger partial charge in [-0.05, 0) is 30.5 Å². The van der Waals surface area contributed by atoms with Crippen molar-refractivity contribution < 1.29 is 14.4 Å². The fourth-order valence-corrected chi connectivity index (χ4v) is 3.62. The third kappa shape index (κ3) is 3.79. The maximum Gasteiger partial charge on any atom is 0.262 e. The predicted molar refractivity (Wildman–Crippen MR) is 111 cm³/mol. The van der Waals surface area contributed by atoms with Gasteiger partial charge in [-0.1, -0.05) is 62.2 Å². The van der Waals surface area contributed by atoms with Gasteiger partial charge in [-0.25, -0.2) is 0 Å². The Morgan fingerprint density at radius 1 is 1.00 bits per heavy atom. The van der Waals surface area contributed by atoms with Crippen LogP contribution in [0.4, 0.5) is 0 Å². The van der Waals surface area contributed by atoms with Crippen LogP contribution in [-0.2, 0) is 11.2 Å². The molecule has 0 radical (unpaired) electrons. The zero-order valence-electron chi connectivity index (χ0n) is 16.6. The molecule has 0 saturated carbocycles. The van der Waals surface area contributed by atoms with Crippen LogP contribution in [0.5, 0.6) is 0 Å². The Morgan fingerprint density at radius 3 is 2.00 bits per heavy atom. The van der Waals surface area contributed by atoms with E-state index in [0.717, 1.165) is 10.5 Å². The highest BCUT2D eigenvalue weighted by atomic mass is 16.2. The number of hydrogen-bond donors (Lipinski definition) is 1. The molecule has 2 aromatic rings. The summed E-state index contributed by atoms with van der Waals surface area (Å²) in [6.07, 6.45) is 7.00. The first-order valence-corrected chi connectivity index (χ1v) is 9.77. The average molecular weight is 388 g/mol. The molecule has 0 bridgehead atoms. The number of hydrogen-bond acceptors (Lipinski definition) is 3. The molecule has 1 heterocycles. The van der Waals surface area contributed by atoms with Gasteiger partial charge in [-0.3, -0.25) is 19.3 Å². The third-order valence-electron chi connectivity index (χ3n) is 5.56. The average Bonchev–Trinajstić information content (AvgIpc) is 3.01. The lowest BCUT2D eigenvalue weighted by molar-refractivity contribution is -0.126. The van der Waals surface area contributed by atoms with Crippen LogP contribution in [0.25, 0.3) is 0 Å². The lowest BCUT2D eigenvalue weighted by atomic mass is 9.92. The van der Waals surface area contributed by atoms with Crippen LogP contribution < -0.4 is 5.32 Å². The van der Waals surface area contributed by atoms with E-state index in [0.29, 0.717) is 24.0 Å². The van der Waals surface area contributed by atoms with Crippen molar-refractivity contribution in [1.82, 2.24) is 10.2 Å². The number of nitrogens with zero attached hydrogens (tertiary/aromatic N) is 1. The molecule has 148 valence electrons. The van der Waals surface area contributed by atoms with E-state index < -0.39 is 29.3 Å². The van der Waals surface area contributed by atoms with E-state index in [1.165, 1.54) is 0 Å². The molecule has 5 nitrogen and oxygen atoms in total. The standard InChI is InChI=1S/C24H24N2O3/c1-4-24(5-2,6-3)25-21(27)20(16-17-12-8-7-9-13-17)26-22(28)18-14-10-11-15-19(18)23(26)29/h1,7-15,20H,5-6,16H2,2-3H3,(H,25,27)/t20-/m0/s1. The van der Waals surface area contributed by atoms with Gasteiger partial charge in [-0.15, -0.1) is 6.42 Å². The Morgan fingerprint density at radius 2 is 1.52 bits per heavy atom. The molecule has 1 atom stereocenters. The van der Waals surface area contributed by atoms with Crippen LogP contribution in [-0.4, -0.2) is 34.2 Å². The maximum absolute atomic E-state index is 13.3. The van der Waals surface area contributed by atoms with Gasteiger partial charge in [0.15, 0.2) is 0 Å². The second kappa shape index (κ2) is 8.32. The Bertz CT molecular complexity index is 936. The van der Waals surface area contributed by atoms with Crippen LogP contribution in [0.1, 0.15) is 53.0 Å². The number of carbonyl (C=O) groups is 3. The van der Waals surface area contributed by atoms with Crippen LogP contribution in [0.15, 0.2) is 54.6 Å². The summed E-state index contributed by atoms with van der Waals surface area (Å²) in [6, 6.07) is 15.0. The number of nitrogens with one attached hydrogen (secondary N) is 1. The van der Waals surface area contributed by atoms with Gasteiger partial charge in [0.1, 0.15) is 11.6 Å². The number of amides is 3. The van der Waals surface area contributed by atoms with Gasteiger partial charge < -0.3 is 5.32 Å². The second-order valence-corrected chi connectivity index (χ2v) is 7.15. The minimum absolute atomic E-state index is 0.215. The molecule has 1 aliphatic heterocycles. The van der Waals surface area contributed by atoms with Crippen molar-refractivity contribution in [3.05, 3.63) is 71.3 Å². The molecule has 0 aromatic heterocycles. The zero-order valence-corrected chi connectivity index (χ0v) is 16.6. The number of fused-ring (bicyclic) bond motifs is 1. The Balaban J connectivity index is 1.98. The van der Waals surface area contributed by atoms with Gasteiger partial charge >= 0.3 is 0 Å². The van der Waals surface area contributed by atoms with Crippen molar-refractivity contribution in [2.24, 2.45) is 0 Å². The zero-order chi connectivity index (χ0) is 21.0. The lowest BCUT2D eigenvalue weighted by Crippen LogP contribution is -2.56. The van der Waals surface area contributed by atoms with E-state index in [4.69, 9.17) is 6.42 Å². The van der Waals surface area contributed by atoms with Crippen molar-refractivity contribution in [3.63, 3.8) is 0 Å². The van der Waals surface area contributed by atoms with E-state index in [2.05, 4.69) is 11.2 Å². The molecular weight excluding hydrogens is 364 g/mol. The largest absolute Gasteiger partial charge is 0.338 e. The summed E-state index contributed by atoms with van der Waals surface area (Å²) in [4.78, 5) is 40.4. The summed E-state index contributed by atoms with van der Waals surface area (Å²) in [5, 5.41) is 2.92. The van der Waals surface area contributed by atoms with Crippen LogP contribution >= 0.6 is 0 Å². The smallest absolute Gasteiger partial charge is 0.262 e. The molecule has 1 aliphatic rings. The topological polar surface area (TPSA) is 66.5 Å². The van der Waals surface area contributed by atoms with E-state index in [-0.39, 0.29) is 6.42 Å². The summed E-state index contributed by atoms with van der Waals surface area (Å²) in [7, 11) is 0. The predicted octanol–water partition coefficient (Wildman–Crippen LogP) is 3.20. The molecule has 3 rings (SSSR count). The van der Waals surface area contributed by atoms with E-state index >= 15 is 0 Å². The van der Waals surface area contributed by atoms with Gasteiger partial charge in [0, 0.05) is 6.42 Å². The summed E-state index contributed by atoms with van der Waals surface area (Å²) in [5.74, 6) is 1.33. The van der Waals surface area contributed by atoms with Crippen molar-refractivity contribution in [1.29, 1.82) is 0 Å². The second-order valence-electron chi connectivity index (χ2n) is 7.15. The van der Waals surface area contributed by atoms with E-state index in [9.17, 15) is 14.4 Å². The Hall–Kier alpha value is -3.39. The van der Waals surface area contributed by atoms with Gasteiger partial charge in [0.05, 0.1) is 11.1 Å². The number of benzene rings is 2. The normalized spacial score (nSPS) is 14.3. The fraction of sp³-hybridized carbons (Fsp3) is 0.292. The molecule has 0 spiro atoms. The molecule has 0 fully saturated rings. The lowest BCUT2D eigenvalue weighted by Gasteiger charge is -2.32. The molecule has 29 heavy (non-hydrogen) atoms. The first-order valence-electron chi connectivity index (χ1n) is 9.77. The minimum Gasteiger partial charge on any atom is -0.338 e. The van der Waals surface area contributed by atoms with E-state index in [1.54, 1.807) is 24.3 Å². The Kier molecular flexibility index (Phi) is 5.84. The van der Waals surface area contributed by atoms with Crippen molar-refractivity contribution in [2.45, 2.75) is 44.7 Å². The molecule has 0 saturated heterocycles. The highest BCUT2D eigenvalue weighted by Crippen LogP contribution is 2.27. The minimum atomic E-state index is -0.990. The molecule has 0 aliphatic carbocycles. The number of rotatable bonds is 7. The van der Waals surface area contributed by atoms with Crippen molar-refractivity contribution >= 4 is 17.7 Å². The van der Waals surface area contributed by atoms with Crippen LogP contribution in [0.2, 0.25) is 0 Å². The SMILES string of the molecule is C#CC(CC)(CC)NC(=O)[C@H](Cc1ccccc1)N1C(=O)c2ccccc2C1=O. The number of carbonyl (C=O) groups excluding carboxylic acids is 3. The summed E-state index contributed by atoms with van der Waals surface area (Å²) in [6.45, 7) is 3.80. The van der Waals surface area contributed by atoms with Crippen molar-refractivity contribution in [3.8, 4) is 12.3 Å². The number of imide groups is 1. The first kappa shape index (κ1) is 20.3. The fourth-order valence-electron chi connectivity index (χ4n) is 3.62. The molecule has 3 amide bonds. The van der Waals surface area contributed by atoms with Gasteiger partial charge in [0.2, 0.25) is 5.91 Å². The monoisotopic (exact) mass is 388 g/mol. The first-order chi connectivity index (χ1) is 14.0. The van der Waals surface area contributed by atoms with Crippen molar-refractivity contribution in [2.75, 3.05) is 0 Å². The summed E-state index contributed by atoms with van der Waals surface area (Å²) < 4.78 is 0. The summed E-state index contributed by atoms with van der Waals surface area (Å²) in [5.41, 5.74) is 0.670. The van der Waals surface area contributed by atoms with Gasteiger partial charge in [-0.2, -0.15) is 0 Å². The number of terminal acetylenes is 1. The summed E-state index contributed by atoms with van der Waals surface area (Å²) >= 11 is 0. The van der Waals surface area contributed by atoms with Crippen LogP contribution in [0, 0.1) is 12.3 Å². The third-order valence-corrected chi connectivity index (χ3v) is 5.56. The highest BCUT2D eigenvalue weighted by molar-refractivity contribution is 6.22. The molecule has 5 heteroatoms.